The molecule has 0 saturated carbocycles. The molecule has 0 bridgehead atoms. The molecule has 44 heavy (non-hydrogen) atoms. The monoisotopic (exact) mass is 583 g/mol. The molecule has 5 heteroatoms. The van der Waals surface area contributed by atoms with Gasteiger partial charge in [0.1, 0.15) is 23.2 Å². The summed E-state index contributed by atoms with van der Waals surface area (Å²) in [4.78, 5) is 10.1. The molecular weight excluding hydrogens is 559 g/mol. The van der Waals surface area contributed by atoms with Crippen LogP contribution >= 0.6 is 11.3 Å². The molecule has 6 aromatic carbocycles. The third kappa shape index (κ3) is 4.13. The largest absolute Gasteiger partial charge is 0.455 e. The zero-order valence-corrected chi connectivity index (χ0v) is 24.4. The molecular formula is C39H25N3OS. The second-order valence-electron chi connectivity index (χ2n) is 11.0. The zero-order valence-electron chi connectivity index (χ0n) is 23.6. The Kier molecular flexibility index (Phi) is 5.71. The van der Waals surface area contributed by atoms with E-state index >= 15 is 0 Å². The molecule has 0 fully saturated rings. The van der Waals surface area contributed by atoms with Gasteiger partial charge in [0.05, 0.1) is 0 Å². The van der Waals surface area contributed by atoms with E-state index in [2.05, 4.69) is 96.3 Å². The Labute approximate surface area is 257 Å². The van der Waals surface area contributed by atoms with Gasteiger partial charge in [-0.05, 0) is 29.3 Å². The Morgan fingerprint density at radius 1 is 0.568 bits per heavy atom. The molecule has 2 aromatic heterocycles. The minimum absolute atomic E-state index is 0.222. The van der Waals surface area contributed by atoms with E-state index in [9.17, 15) is 0 Å². The summed E-state index contributed by atoms with van der Waals surface area (Å²) in [5.41, 5.74) is 7.25. The van der Waals surface area contributed by atoms with Gasteiger partial charge in [-0.15, -0.1) is 11.3 Å². The number of fused-ring (bicyclic) bond motifs is 6. The van der Waals surface area contributed by atoms with Crippen molar-refractivity contribution in [2.45, 2.75) is 6.17 Å². The minimum Gasteiger partial charge on any atom is -0.455 e. The van der Waals surface area contributed by atoms with Crippen molar-refractivity contribution in [3.05, 3.63) is 156 Å². The van der Waals surface area contributed by atoms with Crippen molar-refractivity contribution in [3.63, 3.8) is 0 Å². The molecule has 0 spiro atoms. The van der Waals surface area contributed by atoms with E-state index in [0.717, 1.165) is 61.4 Å². The van der Waals surface area contributed by atoms with Gasteiger partial charge in [0.15, 0.2) is 5.84 Å². The normalized spacial score (nSPS) is 15.0. The van der Waals surface area contributed by atoms with E-state index in [1.54, 1.807) is 11.3 Å². The third-order valence-electron chi connectivity index (χ3n) is 8.35. The van der Waals surface area contributed by atoms with Crippen molar-refractivity contribution in [1.82, 2.24) is 5.32 Å². The molecule has 1 aliphatic heterocycles. The first-order valence-corrected chi connectivity index (χ1v) is 15.5. The van der Waals surface area contributed by atoms with Gasteiger partial charge in [-0.1, -0.05) is 121 Å². The highest BCUT2D eigenvalue weighted by molar-refractivity contribution is 7.25. The van der Waals surface area contributed by atoms with Gasteiger partial charge in [-0.3, -0.25) is 0 Å². The number of aliphatic imine (C=N–C) groups is 2. The van der Waals surface area contributed by atoms with Crippen LogP contribution in [0.5, 0.6) is 0 Å². The molecule has 1 unspecified atom stereocenters. The molecule has 1 N–H and O–H groups in total. The van der Waals surface area contributed by atoms with Gasteiger partial charge in [-0.2, -0.15) is 0 Å². The molecule has 208 valence electrons. The third-order valence-corrected chi connectivity index (χ3v) is 9.47. The summed E-state index contributed by atoms with van der Waals surface area (Å²) >= 11 is 1.80. The maximum absolute atomic E-state index is 6.35. The van der Waals surface area contributed by atoms with Crippen molar-refractivity contribution >= 4 is 65.1 Å². The fourth-order valence-electron chi connectivity index (χ4n) is 6.19. The SMILES string of the molecule is c1ccc(C2=NC(c3ccc4c(c3)sc3cc(-c5cccc6c5oc5ccccc56)ccc34)=NC(c3ccccc3)N2)cc1. The predicted octanol–water partition coefficient (Wildman–Crippen LogP) is 10.1. The number of nitrogens with one attached hydrogen (secondary N) is 1. The smallest absolute Gasteiger partial charge is 0.159 e. The number of hydrogen-bond acceptors (Lipinski definition) is 5. The average Bonchev–Trinajstić information content (AvgIpc) is 3.66. The maximum Gasteiger partial charge on any atom is 0.159 e. The number of thiophene rings is 1. The summed E-state index contributed by atoms with van der Waals surface area (Å²) in [6, 6.07) is 48.6. The number of benzene rings is 6. The molecule has 0 saturated heterocycles. The van der Waals surface area contributed by atoms with Crippen LogP contribution in [-0.2, 0) is 0 Å². The molecule has 1 atom stereocenters. The Morgan fingerprint density at radius 2 is 1.25 bits per heavy atom. The van der Waals surface area contributed by atoms with Crippen molar-refractivity contribution in [2.24, 2.45) is 9.98 Å². The van der Waals surface area contributed by atoms with Crippen LogP contribution in [0.25, 0.3) is 53.2 Å². The van der Waals surface area contributed by atoms with Crippen LogP contribution in [0.3, 0.4) is 0 Å². The fraction of sp³-hybridized carbons (Fsp3) is 0.0256. The van der Waals surface area contributed by atoms with E-state index < -0.39 is 0 Å². The Balaban J connectivity index is 1.15. The summed E-state index contributed by atoms with van der Waals surface area (Å²) in [6.45, 7) is 0. The first-order chi connectivity index (χ1) is 21.8. The van der Waals surface area contributed by atoms with Gasteiger partial charge >= 0.3 is 0 Å². The van der Waals surface area contributed by atoms with E-state index in [1.165, 1.54) is 20.2 Å². The second-order valence-corrected chi connectivity index (χ2v) is 12.1. The van der Waals surface area contributed by atoms with Gasteiger partial charge in [0.25, 0.3) is 0 Å². The summed E-state index contributed by atoms with van der Waals surface area (Å²) in [6.07, 6.45) is -0.222. The Morgan fingerprint density at radius 3 is 2.07 bits per heavy atom. The predicted molar refractivity (Wildman–Crippen MR) is 184 cm³/mol. The number of hydrogen-bond donors (Lipinski definition) is 1. The van der Waals surface area contributed by atoms with Crippen molar-refractivity contribution in [1.29, 1.82) is 0 Å². The maximum atomic E-state index is 6.35. The fourth-order valence-corrected chi connectivity index (χ4v) is 7.37. The lowest BCUT2D eigenvalue weighted by Gasteiger charge is -2.23. The number of furan rings is 1. The topological polar surface area (TPSA) is 49.9 Å². The van der Waals surface area contributed by atoms with E-state index in [1.807, 2.05) is 48.5 Å². The lowest BCUT2D eigenvalue weighted by Crippen LogP contribution is -2.33. The summed E-state index contributed by atoms with van der Waals surface area (Å²) in [5.74, 6) is 1.55. The molecule has 1 aliphatic rings. The summed E-state index contributed by atoms with van der Waals surface area (Å²) < 4.78 is 8.80. The van der Waals surface area contributed by atoms with Crippen LogP contribution in [0.1, 0.15) is 22.9 Å². The number of amidine groups is 2. The van der Waals surface area contributed by atoms with Crippen LogP contribution in [-0.4, -0.2) is 11.7 Å². The first-order valence-electron chi connectivity index (χ1n) is 14.7. The van der Waals surface area contributed by atoms with Crippen LogP contribution in [0, 0.1) is 0 Å². The van der Waals surface area contributed by atoms with Gasteiger partial charge in [0, 0.05) is 47.6 Å². The Hall–Kier alpha value is -5.52. The molecule has 0 amide bonds. The molecule has 4 nitrogen and oxygen atoms in total. The van der Waals surface area contributed by atoms with Gasteiger partial charge < -0.3 is 9.73 Å². The standard InChI is InChI=1S/C39H25N3OS/c1-3-10-24(11-4-1)37-40-38(25-12-5-2-6-13-25)42-39(41-37)27-19-21-31-30-20-18-26(22-34(30)44-35(31)23-27)28-15-9-16-32-29-14-7-8-17-33(29)43-36(28)32/h1-23,37H,(H,40,41,42). The van der Waals surface area contributed by atoms with Crippen LogP contribution in [0.2, 0.25) is 0 Å². The lowest BCUT2D eigenvalue weighted by molar-refractivity contribution is 0.670. The average molecular weight is 584 g/mol. The molecule has 3 heterocycles. The number of rotatable bonds is 4. The highest BCUT2D eigenvalue weighted by Crippen LogP contribution is 2.40. The second kappa shape index (κ2) is 10.0. The van der Waals surface area contributed by atoms with Gasteiger partial charge in [-0.25, -0.2) is 9.98 Å². The number of para-hydroxylation sites is 2. The van der Waals surface area contributed by atoms with E-state index in [4.69, 9.17) is 14.4 Å². The lowest BCUT2D eigenvalue weighted by atomic mass is 10.0. The quantitative estimate of drug-likeness (QED) is 0.224. The highest BCUT2D eigenvalue weighted by Gasteiger charge is 2.21. The van der Waals surface area contributed by atoms with Crippen LogP contribution in [0.4, 0.5) is 0 Å². The number of nitrogens with zero attached hydrogens (tertiary/aromatic N) is 2. The van der Waals surface area contributed by atoms with Crippen molar-refractivity contribution < 1.29 is 4.42 Å². The minimum atomic E-state index is -0.222. The zero-order chi connectivity index (χ0) is 29.0. The van der Waals surface area contributed by atoms with Crippen molar-refractivity contribution in [3.8, 4) is 11.1 Å². The summed E-state index contributed by atoms with van der Waals surface area (Å²) in [5, 5.41) is 8.33. The van der Waals surface area contributed by atoms with Crippen molar-refractivity contribution in [2.75, 3.05) is 0 Å². The van der Waals surface area contributed by atoms with E-state index in [-0.39, 0.29) is 6.17 Å². The molecule has 9 rings (SSSR count). The van der Waals surface area contributed by atoms with Crippen LogP contribution in [0.15, 0.2) is 154 Å². The van der Waals surface area contributed by atoms with E-state index in [0.29, 0.717) is 0 Å². The Bertz CT molecular complexity index is 2420. The molecule has 0 radical (unpaired) electrons. The highest BCUT2D eigenvalue weighted by atomic mass is 32.1. The summed E-state index contributed by atoms with van der Waals surface area (Å²) in [7, 11) is 0. The molecule has 8 aromatic rings. The molecule has 0 aliphatic carbocycles. The van der Waals surface area contributed by atoms with Gasteiger partial charge in [0.2, 0.25) is 0 Å². The first kappa shape index (κ1) is 25.0. The van der Waals surface area contributed by atoms with Crippen LogP contribution < -0.4 is 5.32 Å².